The molecule has 3 N–H and O–H groups in total. The summed E-state index contributed by atoms with van der Waals surface area (Å²) in [7, 11) is 0. The molecular weight excluding hydrogens is 295 g/mol. The summed E-state index contributed by atoms with van der Waals surface area (Å²) in [5, 5.41) is 13.2. The molecule has 0 bridgehead atoms. The van der Waals surface area contributed by atoms with Crippen LogP contribution in [0, 0.1) is 0 Å². The fraction of sp³-hybridized carbons (Fsp3) is 0.182. The summed E-state index contributed by atoms with van der Waals surface area (Å²) < 4.78 is 0. The van der Waals surface area contributed by atoms with Gasteiger partial charge in [0.2, 0.25) is 5.91 Å². The molecule has 0 heterocycles. The summed E-state index contributed by atoms with van der Waals surface area (Å²) in [6.45, 7) is -0.452. The molecule has 19 heavy (non-hydrogen) atoms. The van der Waals surface area contributed by atoms with Crippen LogP contribution in [0.25, 0.3) is 0 Å². The number of benzene rings is 1. The maximum absolute atomic E-state index is 11.6. The summed E-state index contributed by atoms with van der Waals surface area (Å²) in [5.74, 6) is -1.89. The van der Waals surface area contributed by atoms with Gasteiger partial charge in [0.15, 0.2) is 0 Å². The molecule has 8 heteroatoms. The molecule has 0 aliphatic rings. The van der Waals surface area contributed by atoms with E-state index in [0.29, 0.717) is 5.69 Å². The Bertz CT molecular complexity index is 487. The van der Waals surface area contributed by atoms with Crippen LogP contribution in [0.4, 0.5) is 5.69 Å². The van der Waals surface area contributed by atoms with Crippen molar-refractivity contribution >= 4 is 36.1 Å². The number of carboxylic acid groups (broad SMARTS) is 1. The van der Waals surface area contributed by atoms with E-state index in [4.69, 9.17) is 5.11 Å². The Kier molecular flexibility index (Phi) is 9.32. The normalized spacial score (nSPS) is 9.11. The van der Waals surface area contributed by atoms with Gasteiger partial charge in [-0.1, -0.05) is 6.07 Å². The second-order valence-corrected chi connectivity index (χ2v) is 3.68. The first-order valence-corrected chi connectivity index (χ1v) is 5.67. The Morgan fingerprint density at radius 2 is 2.00 bits per heavy atom. The van der Waals surface area contributed by atoms with E-state index >= 15 is 0 Å². The van der Waals surface area contributed by atoms with Crippen molar-refractivity contribution in [3.8, 4) is 0 Å². The molecule has 0 unspecified atom stereocenters. The van der Waals surface area contributed by atoms with Crippen molar-refractivity contribution in [2.45, 2.75) is 0 Å². The van der Waals surface area contributed by atoms with Gasteiger partial charge < -0.3 is 17.2 Å². The van der Waals surface area contributed by atoms with Crippen molar-refractivity contribution in [3.63, 3.8) is 0 Å². The van der Waals surface area contributed by atoms with Crippen LogP contribution < -0.4 is 62.0 Å². The molecular formula is C11H13KN2O4S. The van der Waals surface area contributed by atoms with Crippen LogP contribution in [0.1, 0.15) is 11.8 Å². The molecule has 0 aliphatic heterocycles. The number of carbonyl (C=O) groups is 3. The third-order valence-corrected chi connectivity index (χ3v) is 2.24. The minimum Gasteiger partial charge on any atom is -1.00 e. The van der Waals surface area contributed by atoms with Crippen LogP contribution in [0.3, 0.4) is 0 Å². The van der Waals surface area contributed by atoms with Crippen molar-refractivity contribution in [1.82, 2.24) is 5.32 Å². The Morgan fingerprint density at radius 1 is 1.32 bits per heavy atom. The predicted molar refractivity (Wildman–Crippen MR) is 70.0 cm³/mol. The van der Waals surface area contributed by atoms with Gasteiger partial charge in [-0.3, -0.25) is 14.4 Å². The minimum atomic E-state index is -1.12. The first-order valence-electron chi connectivity index (χ1n) is 5.03. The SMILES string of the molecule is O=C(O)CNC(=O)c1cccc(NC(=O)CS)c1.[H-].[K+]. The summed E-state index contributed by atoms with van der Waals surface area (Å²) in [5.41, 5.74) is 0.727. The van der Waals surface area contributed by atoms with Gasteiger partial charge in [-0.05, 0) is 18.2 Å². The van der Waals surface area contributed by atoms with Gasteiger partial charge in [0.25, 0.3) is 5.91 Å². The summed E-state index contributed by atoms with van der Waals surface area (Å²) >= 11 is 3.81. The van der Waals surface area contributed by atoms with E-state index < -0.39 is 18.4 Å². The summed E-state index contributed by atoms with van der Waals surface area (Å²) in [4.78, 5) is 33.0. The molecule has 1 rings (SSSR count). The Morgan fingerprint density at radius 3 is 2.58 bits per heavy atom. The van der Waals surface area contributed by atoms with Gasteiger partial charge in [-0.2, -0.15) is 12.6 Å². The van der Waals surface area contributed by atoms with Gasteiger partial charge in [0.1, 0.15) is 6.54 Å². The number of thiol groups is 1. The molecule has 0 spiro atoms. The fourth-order valence-corrected chi connectivity index (χ4v) is 1.28. The molecule has 1 aromatic carbocycles. The molecule has 0 aliphatic carbocycles. The molecule has 98 valence electrons. The average molecular weight is 308 g/mol. The molecule has 0 radical (unpaired) electrons. The number of nitrogens with one attached hydrogen (secondary N) is 2. The van der Waals surface area contributed by atoms with Gasteiger partial charge in [-0.25, -0.2) is 0 Å². The summed E-state index contributed by atoms with van der Waals surface area (Å²) in [6.07, 6.45) is 0. The largest absolute Gasteiger partial charge is 1.00 e. The minimum absolute atomic E-state index is 0. The molecule has 0 saturated heterocycles. The molecule has 2 amide bonds. The van der Waals surface area contributed by atoms with Gasteiger partial charge in [0, 0.05) is 11.3 Å². The van der Waals surface area contributed by atoms with E-state index in [1.165, 1.54) is 12.1 Å². The predicted octanol–water partition coefficient (Wildman–Crippen LogP) is -2.51. The van der Waals surface area contributed by atoms with Crippen molar-refractivity contribution < 1.29 is 72.3 Å². The number of hydrogen-bond acceptors (Lipinski definition) is 4. The van der Waals surface area contributed by atoms with Crippen LogP contribution in [-0.2, 0) is 9.59 Å². The molecule has 0 aromatic heterocycles. The average Bonchev–Trinajstić information content (AvgIpc) is 2.36. The zero-order valence-electron chi connectivity index (χ0n) is 11.3. The molecule has 0 saturated carbocycles. The van der Waals surface area contributed by atoms with Gasteiger partial charge in [0.05, 0.1) is 5.75 Å². The number of hydrogen-bond donors (Lipinski definition) is 4. The topological polar surface area (TPSA) is 95.5 Å². The Labute approximate surface area is 159 Å². The fourth-order valence-electron chi connectivity index (χ4n) is 1.20. The zero-order chi connectivity index (χ0) is 13.5. The van der Waals surface area contributed by atoms with E-state index in [0.717, 1.165) is 0 Å². The van der Waals surface area contributed by atoms with Crippen molar-refractivity contribution in [3.05, 3.63) is 29.8 Å². The molecule has 0 atom stereocenters. The van der Waals surface area contributed by atoms with E-state index in [1.54, 1.807) is 12.1 Å². The first kappa shape index (κ1) is 18.6. The third-order valence-electron chi connectivity index (χ3n) is 1.95. The number of anilines is 1. The van der Waals surface area contributed by atoms with Crippen LogP contribution >= 0.6 is 12.6 Å². The van der Waals surface area contributed by atoms with Crippen molar-refractivity contribution in [2.24, 2.45) is 0 Å². The monoisotopic (exact) mass is 308 g/mol. The van der Waals surface area contributed by atoms with E-state index in [2.05, 4.69) is 23.3 Å². The zero-order valence-corrected chi connectivity index (χ0v) is 14.4. The van der Waals surface area contributed by atoms with Crippen molar-refractivity contribution in [2.75, 3.05) is 17.6 Å². The maximum atomic E-state index is 11.6. The number of carboxylic acids is 1. The Balaban J connectivity index is 0. The van der Waals surface area contributed by atoms with Gasteiger partial charge >= 0.3 is 57.4 Å². The van der Waals surface area contributed by atoms with E-state index in [-0.39, 0.29) is 70.0 Å². The molecule has 1 aromatic rings. The number of carbonyl (C=O) groups excluding carboxylic acids is 2. The van der Waals surface area contributed by atoms with Crippen LogP contribution in [0.15, 0.2) is 24.3 Å². The third kappa shape index (κ3) is 7.09. The molecule has 0 fully saturated rings. The first-order chi connectivity index (χ1) is 8.52. The number of amides is 2. The van der Waals surface area contributed by atoms with E-state index in [1.807, 2.05) is 0 Å². The number of aliphatic carboxylic acids is 1. The quantitative estimate of drug-likeness (QED) is 0.357. The van der Waals surface area contributed by atoms with Crippen molar-refractivity contribution in [1.29, 1.82) is 0 Å². The van der Waals surface area contributed by atoms with Crippen LogP contribution in [0.5, 0.6) is 0 Å². The van der Waals surface area contributed by atoms with Crippen LogP contribution in [0.2, 0.25) is 0 Å². The molecule has 6 nitrogen and oxygen atoms in total. The number of rotatable bonds is 5. The van der Waals surface area contributed by atoms with E-state index in [9.17, 15) is 14.4 Å². The standard InChI is InChI=1S/C11H12N2O4S.K.H/c14-9(6-18)13-8-3-1-2-7(4-8)11(17)12-5-10(15)16;;/h1-4,18H,5-6H2,(H,12,17)(H,13,14)(H,15,16);;/q;+1;-1. The summed E-state index contributed by atoms with van der Waals surface area (Å²) in [6, 6.07) is 6.19. The Hall–Kier alpha value is -0.384. The van der Waals surface area contributed by atoms with Gasteiger partial charge in [-0.15, -0.1) is 0 Å². The second-order valence-electron chi connectivity index (χ2n) is 3.36. The smallest absolute Gasteiger partial charge is 1.00 e. The van der Waals surface area contributed by atoms with Crippen LogP contribution in [-0.4, -0.2) is 35.2 Å². The second kappa shape index (κ2) is 9.51. The maximum Gasteiger partial charge on any atom is 1.00 e.